The van der Waals surface area contributed by atoms with Crippen molar-refractivity contribution < 1.29 is 18.7 Å². The highest BCUT2D eigenvalue weighted by atomic mass is 16.5. The molecule has 0 bridgehead atoms. The van der Waals surface area contributed by atoms with Crippen LogP contribution in [0.5, 0.6) is 0 Å². The third kappa shape index (κ3) is 2.42. The van der Waals surface area contributed by atoms with Crippen molar-refractivity contribution in [3.8, 4) is 0 Å². The summed E-state index contributed by atoms with van der Waals surface area (Å²) in [6, 6.07) is 5.12. The summed E-state index contributed by atoms with van der Waals surface area (Å²) in [5, 5.41) is 0. The predicted octanol–water partition coefficient (Wildman–Crippen LogP) is 1.67. The third-order valence-corrected chi connectivity index (χ3v) is 4.20. The average molecular weight is 317 g/mol. The molecule has 7 heteroatoms. The lowest BCUT2D eigenvalue weighted by Gasteiger charge is -2.41. The van der Waals surface area contributed by atoms with Crippen LogP contribution in [-0.4, -0.2) is 54.5 Å². The first-order valence-corrected chi connectivity index (χ1v) is 7.45. The van der Waals surface area contributed by atoms with Gasteiger partial charge in [-0.05, 0) is 26.0 Å². The van der Waals surface area contributed by atoms with Crippen LogP contribution in [0.2, 0.25) is 0 Å². The number of carbonyl (C=O) groups is 2. The number of benzene rings is 1. The van der Waals surface area contributed by atoms with Gasteiger partial charge in [-0.3, -0.25) is 4.79 Å². The van der Waals surface area contributed by atoms with E-state index in [1.807, 2.05) is 18.7 Å². The fourth-order valence-electron chi connectivity index (χ4n) is 3.07. The number of ether oxygens (including phenoxy) is 1. The van der Waals surface area contributed by atoms with Crippen LogP contribution >= 0.6 is 0 Å². The Labute approximate surface area is 133 Å². The molecule has 3 rings (SSSR count). The molecule has 0 radical (unpaired) electrons. The number of aromatic nitrogens is 1. The fraction of sp³-hybridized carbons (Fsp3) is 0.438. The van der Waals surface area contributed by atoms with Crippen LogP contribution in [-0.2, 0) is 9.53 Å². The normalized spacial score (nSPS) is 21.8. The van der Waals surface area contributed by atoms with Crippen molar-refractivity contribution in [1.29, 1.82) is 0 Å². The number of anilines is 1. The third-order valence-electron chi connectivity index (χ3n) is 4.20. The van der Waals surface area contributed by atoms with Crippen molar-refractivity contribution in [2.45, 2.75) is 25.9 Å². The Morgan fingerprint density at radius 1 is 1.39 bits per heavy atom. The summed E-state index contributed by atoms with van der Waals surface area (Å²) in [5.74, 6) is -0.454. The number of rotatable bonds is 2. The molecule has 2 aromatic rings. The molecule has 1 saturated heterocycles. The minimum Gasteiger partial charge on any atom is -0.465 e. The number of carbonyl (C=O) groups excluding carboxylic acids is 2. The molecule has 122 valence electrons. The van der Waals surface area contributed by atoms with Crippen LogP contribution < -0.4 is 4.90 Å². The van der Waals surface area contributed by atoms with Crippen molar-refractivity contribution >= 4 is 29.0 Å². The van der Waals surface area contributed by atoms with E-state index in [-0.39, 0.29) is 18.0 Å². The number of methoxy groups -OCH3 is 1. The minimum absolute atomic E-state index is 0.0125. The lowest BCUT2D eigenvalue weighted by Crippen LogP contribution is -2.59. The van der Waals surface area contributed by atoms with Gasteiger partial charge in [0.2, 0.25) is 5.91 Å². The largest absolute Gasteiger partial charge is 0.465 e. The minimum atomic E-state index is -0.467. The van der Waals surface area contributed by atoms with E-state index >= 15 is 0 Å². The molecule has 2 unspecified atom stereocenters. The van der Waals surface area contributed by atoms with E-state index in [4.69, 9.17) is 9.15 Å². The van der Waals surface area contributed by atoms with Gasteiger partial charge < -0.3 is 19.0 Å². The number of piperazine rings is 1. The van der Waals surface area contributed by atoms with Crippen LogP contribution in [0.1, 0.15) is 24.2 Å². The zero-order valence-electron chi connectivity index (χ0n) is 13.6. The first-order valence-electron chi connectivity index (χ1n) is 7.45. The van der Waals surface area contributed by atoms with Gasteiger partial charge in [0, 0.05) is 19.6 Å². The number of para-hydroxylation sites is 1. The number of likely N-dealkylation sites (N-methyl/N-ethyl adjacent to an activating group) is 1. The molecule has 1 aliphatic heterocycles. The lowest BCUT2D eigenvalue weighted by molar-refractivity contribution is -0.133. The Kier molecular flexibility index (Phi) is 3.71. The van der Waals surface area contributed by atoms with Gasteiger partial charge in [-0.25, -0.2) is 4.79 Å². The standard InChI is InChI=1S/C16H19N3O4/c1-9-8-18(3)14(20)10(2)19(9)16-17-13-11(15(21)22-4)6-5-7-12(13)23-16/h5-7,9-10H,8H2,1-4H3. The van der Waals surface area contributed by atoms with Gasteiger partial charge in [0.15, 0.2) is 5.58 Å². The molecule has 7 nitrogen and oxygen atoms in total. The molecular formula is C16H19N3O4. The second-order valence-corrected chi connectivity index (χ2v) is 5.79. The van der Waals surface area contributed by atoms with E-state index in [9.17, 15) is 9.59 Å². The van der Waals surface area contributed by atoms with Gasteiger partial charge in [-0.1, -0.05) is 6.07 Å². The molecule has 1 aromatic heterocycles. The van der Waals surface area contributed by atoms with Gasteiger partial charge in [-0.2, -0.15) is 4.98 Å². The number of oxazole rings is 1. The van der Waals surface area contributed by atoms with Crippen molar-refractivity contribution in [2.75, 3.05) is 25.6 Å². The van der Waals surface area contributed by atoms with Crippen molar-refractivity contribution in [3.63, 3.8) is 0 Å². The van der Waals surface area contributed by atoms with E-state index in [1.54, 1.807) is 30.1 Å². The van der Waals surface area contributed by atoms with Crippen LogP contribution in [0.3, 0.4) is 0 Å². The summed E-state index contributed by atoms with van der Waals surface area (Å²) in [5.41, 5.74) is 1.29. The Balaban J connectivity index is 2.07. The predicted molar refractivity (Wildman–Crippen MR) is 84.4 cm³/mol. The quantitative estimate of drug-likeness (QED) is 0.784. The summed E-state index contributed by atoms with van der Waals surface area (Å²) >= 11 is 0. The van der Waals surface area contributed by atoms with E-state index in [0.29, 0.717) is 29.2 Å². The molecule has 1 aromatic carbocycles. The number of nitrogens with zero attached hydrogens (tertiary/aromatic N) is 3. The van der Waals surface area contributed by atoms with Crippen LogP contribution in [0.15, 0.2) is 22.6 Å². The van der Waals surface area contributed by atoms with E-state index in [0.717, 1.165) is 0 Å². The summed E-state index contributed by atoms with van der Waals surface area (Å²) in [6.45, 7) is 4.42. The summed E-state index contributed by atoms with van der Waals surface area (Å²) in [7, 11) is 3.11. The van der Waals surface area contributed by atoms with Gasteiger partial charge in [0.25, 0.3) is 6.01 Å². The molecule has 0 saturated carbocycles. The highest BCUT2D eigenvalue weighted by molar-refractivity contribution is 6.01. The monoisotopic (exact) mass is 317 g/mol. The molecule has 23 heavy (non-hydrogen) atoms. The van der Waals surface area contributed by atoms with Crippen LogP contribution in [0.25, 0.3) is 11.1 Å². The number of hydrogen-bond acceptors (Lipinski definition) is 6. The Morgan fingerprint density at radius 2 is 2.13 bits per heavy atom. The van der Waals surface area contributed by atoms with Crippen molar-refractivity contribution in [2.24, 2.45) is 0 Å². The van der Waals surface area contributed by atoms with Gasteiger partial charge >= 0.3 is 5.97 Å². The number of esters is 1. The van der Waals surface area contributed by atoms with Gasteiger partial charge in [-0.15, -0.1) is 0 Å². The maximum Gasteiger partial charge on any atom is 0.340 e. The molecular weight excluding hydrogens is 298 g/mol. The van der Waals surface area contributed by atoms with Crippen LogP contribution in [0, 0.1) is 0 Å². The molecule has 1 amide bonds. The number of fused-ring (bicyclic) bond motifs is 1. The highest BCUT2D eigenvalue weighted by Crippen LogP contribution is 2.29. The Hall–Kier alpha value is -2.57. The number of amides is 1. The first kappa shape index (κ1) is 15.3. The Morgan fingerprint density at radius 3 is 2.83 bits per heavy atom. The van der Waals surface area contributed by atoms with E-state index in [1.165, 1.54) is 7.11 Å². The molecule has 1 aliphatic rings. The molecule has 0 spiro atoms. The first-order chi connectivity index (χ1) is 10.9. The Bertz CT molecular complexity index is 770. The van der Waals surface area contributed by atoms with Gasteiger partial charge in [0.1, 0.15) is 11.6 Å². The smallest absolute Gasteiger partial charge is 0.340 e. The SMILES string of the molecule is COC(=O)c1cccc2oc(N3C(C)CN(C)C(=O)C3C)nc12. The molecule has 0 aliphatic carbocycles. The zero-order valence-corrected chi connectivity index (χ0v) is 13.6. The lowest BCUT2D eigenvalue weighted by atomic mass is 10.1. The van der Waals surface area contributed by atoms with Crippen molar-refractivity contribution in [1.82, 2.24) is 9.88 Å². The van der Waals surface area contributed by atoms with Gasteiger partial charge in [0.05, 0.1) is 12.7 Å². The summed E-state index contributed by atoms with van der Waals surface area (Å²) < 4.78 is 10.6. The molecule has 2 heterocycles. The zero-order chi connectivity index (χ0) is 16.7. The fourth-order valence-corrected chi connectivity index (χ4v) is 3.07. The van der Waals surface area contributed by atoms with E-state index < -0.39 is 5.97 Å². The molecule has 2 atom stereocenters. The maximum absolute atomic E-state index is 12.2. The second kappa shape index (κ2) is 5.57. The van der Waals surface area contributed by atoms with E-state index in [2.05, 4.69) is 4.98 Å². The number of hydrogen-bond donors (Lipinski definition) is 0. The average Bonchev–Trinajstić information content (AvgIpc) is 2.95. The maximum atomic E-state index is 12.2. The second-order valence-electron chi connectivity index (χ2n) is 5.79. The summed E-state index contributed by atoms with van der Waals surface area (Å²) in [4.78, 5) is 32.1. The highest BCUT2D eigenvalue weighted by Gasteiger charge is 2.37. The molecule has 1 fully saturated rings. The van der Waals surface area contributed by atoms with Crippen LogP contribution in [0.4, 0.5) is 6.01 Å². The molecule has 0 N–H and O–H groups in total. The summed E-state index contributed by atoms with van der Waals surface area (Å²) in [6.07, 6.45) is 0. The van der Waals surface area contributed by atoms with Crippen molar-refractivity contribution in [3.05, 3.63) is 23.8 Å². The topological polar surface area (TPSA) is 75.9 Å².